The summed E-state index contributed by atoms with van der Waals surface area (Å²) in [6.45, 7) is 0. The number of nitro benzene ring substituents is 1. The van der Waals surface area contributed by atoms with Crippen LogP contribution in [0.2, 0.25) is 0 Å². The predicted octanol–water partition coefficient (Wildman–Crippen LogP) is 4.67. The quantitative estimate of drug-likeness (QED) is 0.430. The van der Waals surface area contributed by atoms with Gasteiger partial charge in [-0.25, -0.2) is 4.98 Å². The number of thioether (sulfide) groups is 1. The number of hydrogen-bond donors (Lipinski definition) is 1. The van der Waals surface area contributed by atoms with Crippen LogP contribution in [-0.2, 0) is 0 Å². The molecule has 1 N–H and O–H groups in total. The fraction of sp³-hybridized carbons (Fsp3) is 0.0714. The Morgan fingerprint density at radius 1 is 1.29 bits per heavy atom. The van der Waals surface area contributed by atoms with E-state index in [0.717, 1.165) is 20.2 Å². The van der Waals surface area contributed by atoms with E-state index in [9.17, 15) is 10.1 Å². The van der Waals surface area contributed by atoms with Crippen molar-refractivity contribution in [1.82, 2.24) is 4.98 Å². The molecule has 0 aliphatic carbocycles. The Morgan fingerprint density at radius 3 is 2.86 bits per heavy atom. The number of benzene rings is 2. The van der Waals surface area contributed by atoms with Crippen molar-refractivity contribution in [3.05, 3.63) is 52.6 Å². The number of non-ortho nitro benzene ring substituents is 1. The molecule has 21 heavy (non-hydrogen) atoms. The van der Waals surface area contributed by atoms with Gasteiger partial charge >= 0.3 is 0 Å². The minimum Gasteiger partial charge on any atom is -0.331 e. The molecule has 1 heterocycles. The van der Waals surface area contributed by atoms with Crippen molar-refractivity contribution < 1.29 is 4.92 Å². The zero-order valence-corrected chi connectivity index (χ0v) is 12.7. The van der Waals surface area contributed by atoms with E-state index >= 15 is 0 Å². The van der Waals surface area contributed by atoms with Crippen molar-refractivity contribution in [3.63, 3.8) is 0 Å². The Kier molecular flexibility index (Phi) is 3.76. The number of anilines is 2. The van der Waals surface area contributed by atoms with Gasteiger partial charge in [-0.2, -0.15) is 0 Å². The summed E-state index contributed by atoms with van der Waals surface area (Å²) in [5.41, 5.74) is 1.68. The van der Waals surface area contributed by atoms with E-state index in [2.05, 4.69) is 10.3 Å². The first-order valence-corrected chi connectivity index (χ1v) is 8.16. The summed E-state index contributed by atoms with van der Waals surface area (Å²) in [6, 6.07) is 12.5. The predicted molar refractivity (Wildman–Crippen MR) is 87.8 cm³/mol. The molecule has 2 aromatic carbocycles. The van der Waals surface area contributed by atoms with Crippen molar-refractivity contribution >= 4 is 49.8 Å². The standard InChI is InChI=1S/C14H11N3O2S2/c1-20-11-6-3-7-12-13(11)16-14(21-12)15-9-4-2-5-10(8-9)17(18)19/h2-8H,1H3,(H,15,16). The number of para-hydroxylation sites is 1. The number of thiazole rings is 1. The van der Waals surface area contributed by atoms with Gasteiger partial charge in [0.05, 0.1) is 15.1 Å². The SMILES string of the molecule is CSc1cccc2sc(Nc3cccc([N+](=O)[O-])c3)nc12. The lowest BCUT2D eigenvalue weighted by Crippen LogP contribution is -1.92. The summed E-state index contributed by atoms with van der Waals surface area (Å²) in [5.74, 6) is 0. The number of nitro groups is 1. The van der Waals surface area contributed by atoms with Crippen molar-refractivity contribution in [2.45, 2.75) is 4.90 Å². The van der Waals surface area contributed by atoms with Crippen LogP contribution in [0.25, 0.3) is 10.2 Å². The molecule has 5 nitrogen and oxygen atoms in total. The highest BCUT2D eigenvalue weighted by Gasteiger charge is 2.10. The van der Waals surface area contributed by atoms with Gasteiger partial charge < -0.3 is 5.32 Å². The topological polar surface area (TPSA) is 68.1 Å². The lowest BCUT2D eigenvalue weighted by Gasteiger charge is -2.01. The first-order chi connectivity index (χ1) is 10.2. The molecule has 3 rings (SSSR count). The Balaban J connectivity index is 1.95. The van der Waals surface area contributed by atoms with Crippen molar-refractivity contribution in [1.29, 1.82) is 0 Å². The maximum Gasteiger partial charge on any atom is 0.271 e. The largest absolute Gasteiger partial charge is 0.331 e. The molecule has 0 saturated heterocycles. The minimum atomic E-state index is -0.407. The summed E-state index contributed by atoms with van der Waals surface area (Å²) in [6.07, 6.45) is 2.02. The Labute approximate surface area is 129 Å². The number of nitrogens with zero attached hydrogens (tertiary/aromatic N) is 2. The van der Waals surface area contributed by atoms with Gasteiger partial charge in [-0.15, -0.1) is 11.8 Å². The molecule has 0 fully saturated rings. The van der Waals surface area contributed by atoms with Crippen molar-refractivity contribution in [2.24, 2.45) is 0 Å². The van der Waals surface area contributed by atoms with Crippen LogP contribution in [-0.4, -0.2) is 16.2 Å². The zero-order chi connectivity index (χ0) is 14.8. The molecule has 106 valence electrons. The third kappa shape index (κ3) is 2.84. The van der Waals surface area contributed by atoms with Gasteiger partial charge in [0.25, 0.3) is 5.69 Å². The Bertz CT molecular complexity index is 817. The summed E-state index contributed by atoms with van der Waals surface area (Å²) in [4.78, 5) is 16.1. The molecule has 0 radical (unpaired) electrons. The molecular formula is C14H11N3O2S2. The summed E-state index contributed by atoms with van der Waals surface area (Å²) >= 11 is 3.18. The second-order valence-electron chi connectivity index (χ2n) is 4.26. The fourth-order valence-electron chi connectivity index (χ4n) is 1.96. The maximum atomic E-state index is 10.8. The minimum absolute atomic E-state index is 0.0610. The third-order valence-electron chi connectivity index (χ3n) is 2.91. The first-order valence-electron chi connectivity index (χ1n) is 6.12. The van der Waals surface area contributed by atoms with E-state index in [1.54, 1.807) is 23.9 Å². The summed E-state index contributed by atoms with van der Waals surface area (Å²) in [5, 5.41) is 14.7. The number of aromatic nitrogens is 1. The highest BCUT2D eigenvalue weighted by Crippen LogP contribution is 2.33. The van der Waals surface area contributed by atoms with Crippen LogP contribution in [0.4, 0.5) is 16.5 Å². The van der Waals surface area contributed by atoms with Gasteiger partial charge in [0.2, 0.25) is 0 Å². The molecule has 0 saturated carbocycles. The van der Waals surface area contributed by atoms with Gasteiger partial charge in [-0.1, -0.05) is 23.5 Å². The van der Waals surface area contributed by atoms with Crippen LogP contribution in [0.15, 0.2) is 47.4 Å². The summed E-state index contributed by atoms with van der Waals surface area (Å²) < 4.78 is 1.09. The van der Waals surface area contributed by atoms with Crippen LogP contribution in [0.1, 0.15) is 0 Å². The van der Waals surface area contributed by atoms with Crippen LogP contribution >= 0.6 is 23.1 Å². The second kappa shape index (κ2) is 5.71. The van der Waals surface area contributed by atoms with E-state index in [4.69, 9.17) is 0 Å². The molecule has 3 aromatic rings. The number of rotatable bonds is 4. The molecule has 0 bridgehead atoms. The molecule has 7 heteroatoms. The van der Waals surface area contributed by atoms with E-state index in [1.165, 1.54) is 23.5 Å². The van der Waals surface area contributed by atoms with Gasteiger partial charge in [0, 0.05) is 22.7 Å². The van der Waals surface area contributed by atoms with E-state index in [-0.39, 0.29) is 5.69 Å². The second-order valence-corrected chi connectivity index (χ2v) is 6.14. The molecule has 0 spiro atoms. The number of hydrogen-bond acceptors (Lipinski definition) is 6. The Morgan fingerprint density at radius 2 is 2.10 bits per heavy atom. The van der Waals surface area contributed by atoms with Crippen LogP contribution in [0.5, 0.6) is 0 Å². The normalized spacial score (nSPS) is 10.7. The molecular weight excluding hydrogens is 306 g/mol. The van der Waals surface area contributed by atoms with Crippen molar-refractivity contribution in [3.8, 4) is 0 Å². The molecule has 0 aliphatic heterocycles. The van der Waals surface area contributed by atoms with Gasteiger partial charge in [-0.3, -0.25) is 10.1 Å². The van der Waals surface area contributed by atoms with E-state index in [1.807, 2.05) is 24.5 Å². The molecule has 0 amide bonds. The molecule has 0 atom stereocenters. The van der Waals surface area contributed by atoms with E-state index < -0.39 is 4.92 Å². The molecule has 0 aliphatic rings. The lowest BCUT2D eigenvalue weighted by molar-refractivity contribution is -0.384. The van der Waals surface area contributed by atoms with E-state index in [0.29, 0.717) is 5.69 Å². The average molecular weight is 317 g/mol. The molecule has 0 unspecified atom stereocenters. The van der Waals surface area contributed by atoms with Crippen LogP contribution < -0.4 is 5.32 Å². The lowest BCUT2D eigenvalue weighted by atomic mass is 10.3. The fourth-order valence-corrected chi connectivity index (χ4v) is 3.50. The number of fused-ring (bicyclic) bond motifs is 1. The Hall–Kier alpha value is -2.12. The zero-order valence-electron chi connectivity index (χ0n) is 11.1. The van der Waals surface area contributed by atoms with Crippen LogP contribution in [0, 0.1) is 10.1 Å². The van der Waals surface area contributed by atoms with Gasteiger partial charge in [-0.05, 0) is 24.5 Å². The average Bonchev–Trinajstić information content (AvgIpc) is 2.89. The number of nitrogens with one attached hydrogen (secondary N) is 1. The van der Waals surface area contributed by atoms with Gasteiger partial charge in [0.1, 0.15) is 0 Å². The third-order valence-corrected chi connectivity index (χ3v) is 4.62. The maximum absolute atomic E-state index is 10.8. The smallest absolute Gasteiger partial charge is 0.271 e. The first kappa shape index (κ1) is 13.8. The highest BCUT2D eigenvalue weighted by atomic mass is 32.2. The van der Waals surface area contributed by atoms with Gasteiger partial charge in [0.15, 0.2) is 5.13 Å². The molecule has 1 aromatic heterocycles. The van der Waals surface area contributed by atoms with Crippen LogP contribution in [0.3, 0.4) is 0 Å². The highest BCUT2D eigenvalue weighted by molar-refractivity contribution is 7.98. The van der Waals surface area contributed by atoms with Crippen molar-refractivity contribution in [2.75, 3.05) is 11.6 Å². The summed E-state index contributed by atoms with van der Waals surface area (Å²) in [7, 11) is 0. The monoisotopic (exact) mass is 317 g/mol.